The van der Waals surface area contributed by atoms with E-state index in [0.717, 1.165) is 31.4 Å². The summed E-state index contributed by atoms with van der Waals surface area (Å²) in [7, 11) is 0. The van der Waals surface area contributed by atoms with Crippen molar-refractivity contribution in [3.05, 3.63) is 23.4 Å². The predicted octanol–water partition coefficient (Wildman–Crippen LogP) is 2.47. The van der Waals surface area contributed by atoms with Crippen LogP contribution in [0.1, 0.15) is 37.3 Å². The molecule has 0 fully saturated rings. The number of nitrogens with one attached hydrogen (secondary N) is 1. The number of anilines is 1. The molecule has 1 rings (SSSR count). The monoisotopic (exact) mass is 247 g/mol. The summed E-state index contributed by atoms with van der Waals surface area (Å²) >= 11 is 0. The Labute approximate surface area is 109 Å². The Bertz CT molecular complexity index is 406. The zero-order valence-electron chi connectivity index (χ0n) is 11.1. The van der Waals surface area contributed by atoms with Gasteiger partial charge in [0.05, 0.1) is 5.56 Å². The normalized spacial score (nSPS) is 11.9. The van der Waals surface area contributed by atoms with Crippen molar-refractivity contribution >= 4 is 5.82 Å². The van der Waals surface area contributed by atoms with Crippen molar-refractivity contribution in [3.63, 3.8) is 0 Å². The molecule has 0 radical (unpaired) electrons. The molecule has 0 amide bonds. The molecule has 0 aliphatic heterocycles. The second-order valence-electron chi connectivity index (χ2n) is 4.51. The summed E-state index contributed by atoms with van der Waals surface area (Å²) < 4.78 is 0. The molecule has 0 saturated heterocycles. The summed E-state index contributed by atoms with van der Waals surface area (Å²) in [6, 6.07) is 4.01. The molecule has 1 aromatic rings. The molecule has 1 heterocycles. The average molecular weight is 247 g/mol. The van der Waals surface area contributed by atoms with Crippen molar-refractivity contribution in [2.75, 3.05) is 18.5 Å². The number of nitriles is 1. The zero-order valence-corrected chi connectivity index (χ0v) is 11.1. The van der Waals surface area contributed by atoms with Crippen LogP contribution in [0.3, 0.4) is 0 Å². The summed E-state index contributed by atoms with van der Waals surface area (Å²) in [6.07, 6.45) is 4.66. The Balaban J connectivity index is 2.67. The minimum atomic E-state index is 0.207. The van der Waals surface area contributed by atoms with E-state index >= 15 is 0 Å². The molecule has 18 heavy (non-hydrogen) atoms. The lowest BCUT2D eigenvalue weighted by Crippen LogP contribution is -2.17. The topological polar surface area (TPSA) is 68.9 Å². The smallest absolute Gasteiger partial charge is 0.144 e. The van der Waals surface area contributed by atoms with Gasteiger partial charge in [0.2, 0.25) is 0 Å². The predicted molar refractivity (Wildman–Crippen MR) is 72.3 cm³/mol. The first-order valence-electron chi connectivity index (χ1n) is 6.43. The number of aromatic nitrogens is 1. The van der Waals surface area contributed by atoms with Gasteiger partial charge in [0, 0.05) is 19.3 Å². The fraction of sp³-hybridized carbons (Fsp3) is 0.571. The number of hydrogen-bond acceptors (Lipinski definition) is 4. The molecule has 0 aromatic carbocycles. The summed E-state index contributed by atoms with van der Waals surface area (Å²) in [5.41, 5.74) is 1.54. The zero-order chi connectivity index (χ0) is 13.4. The SMILES string of the molecule is CCCC(CCO)CNc1nccc(C)c1C#N. The van der Waals surface area contributed by atoms with E-state index in [1.807, 2.05) is 13.0 Å². The molecule has 4 nitrogen and oxygen atoms in total. The second kappa shape index (κ2) is 7.67. The summed E-state index contributed by atoms with van der Waals surface area (Å²) in [4.78, 5) is 4.21. The second-order valence-corrected chi connectivity index (χ2v) is 4.51. The lowest BCUT2D eigenvalue weighted by molar-refractivity contribution is 0.255. The highest BCUT2D eigenvalue weighted by Gasteiger charge is 2.10. The van der Waals surface area contributed by atoms with Crippen LogP contribution in [-0.4, -0.2) is 23.2 Å². The minimum absolute atomic E-state index is 0.207. The van der Waals surface area contributed by atoms with Gasteiger partial charge < -0.3 is 10.4 Å². The van der Waals surface area contributed by atoms with Gasteiger partial charge in [-0.1, -0.05) is 13.3 Å². The minimum Gasteiger partial charge on any atom is -0.396 e. The number of hydrogen-bond donors (Lipinski definition) is 2. The van der Waals surface area contributed by atoms with E-state index in [2.05, 4.69) is 23.3 Å². The maximum Gasteiger partial charge on any atom is 0.144 e. The van der Waals surface area contributed by atoms with E-state index in [9.17, 15) is 0 Å². The fourth-order valence-corrected chi connectivity index (χ4v) is 2.01. The fourth-order valence-electron chi connectivity index (χ4n) is 2.01. The van der Waals surface area contributed by atoms with Gasteiger partial charge in [-0.2, -0.15) is 5.26 Å². The lowest BCUT2D eigenvalue weighted by Gasteiger charge is -2.16. The number of aliphatic hydroxyl groups excluding tert-OH is 1. The molecule has 2 N–H and O–H groups in total. The van der Waals surface area contributed by atoms with E-state index in [-0.39, 0.29) is 6.61 Å². The van der Waals surface area contributed by atoms with Crippen LogP contribution in [0.5, 0.6) is 0 Å². The van der Waals surface area contributed by atoms with Gasteiger partial charge >= 0.3 is 0 Å². The maximum atomic E-state index is 9.10. The molecule has 0 aliphatic carbocycles. The maximum absolute atomic E-state index is 9.10. The van der Waals surface area contributed by atoms with E-state index in [1.54, 1.807) is 6.20 Å². The Hall–Kier alpha value is -1.60. The Morgan fingerprint density at radius 1 is 1.50 bits per heavy atom. The van der Waals surface area contributed by atoms with Crippen molar-refractivity contribution in [3.8, 4) is 6.07 Å². The molecule has 1 aromatic heterocycles. The molecule has 1 unspecified atom stereocenters. The van der Waals surface area contributed by atoms with Gasteiger partial charge in [0.25, 0.3) is 0 Å². The van der Waals surface area contributed by atoms with Gasteiger partial charge in [-0.05, 0) is 37.3 Å². The van der Waals surface area contributed by atoms with Crippen LogP contribution >= 0.6 is 0 Å². The first-order valence-corrected chi connectivity index (χ1v) is 6.43. The van der Waals surface area contributed by atoms with E-state index in [0.29, 0.717) is 17.3 Å². The van der Waals surface area contributed by atoms with Crippen molar-refractivity contribution in [1.82, 2.24) is 4.98 Å². The number of aliphatic hydroxyl groups is 1. The molecule has 0 saturated carbocycles. The van der Waals surface area contributed by atoms with Crippen LogP contribution in [0.4, 0.5) is 5.82 Å². The highest BCUT2D eigenvalue weighted by Crippen LogP contribution is 2.17. The van der Waals surface area contributed by atoms with Gasteiger partial charge in [-0.15, -0.1) is 0 Å². The first-order chi connectivity index (χ1) is 8.72. The van der Waals surface area contributed by atoms with Gasteiger partial charge in [-0.3, -0.25) is 0 Å². The third kappa shape index (κ3) is 4.01. The Morgan fingerprint density at radius 3 is 2.89 bits per heavy atom. The first kappa shape index (κ1) is 14.5. The third-order valence-corrected chi connectivity index (χ3v) is 3.06. The van der Waals surface area contributed by atoms with Crippen molar-refractivity contribution < 1.29 is 5.11 Å². The van der Waals surface area contributed by atoms with Crippen LogP contribution in [0.25, 0.3) is 0 Å². The van der Waals surface area contributed by atoms with Crippen molar-refractivity contribution in [2.45, 2.75) is 33.1 Å². The largest absolute Gasteiger partial charge is 0.396 e. The van der Waals surface area contributed by atoms with Gasteiger partial charge in [-0.25, -0.2) is 4.98 Å². The van der Waals surface area contributed by atoms with Crippen LogP contribution in [0.15, 0.2) is 12.3 Å². The molecular weight excluding hydrogens is 226 g/mol. The van der Waals surface area contributed by atoms with Crippen LogP contribution in [-0.2, 0) is 0 Å². The highest BCUT2D eigenvalue weighted by molar-refractivity contribution is 5.55. The third-order valence-electron chi connectivity index (χ3n) is 3.06. The van der Waals surface area contributed by atoms with Crippen molar-refractivity contribution in [2.24, 2.45) is 5.92 Å². The van der Waals surface area contributed by atoms with Gasteiger partial charge in [0.1, 0.15) is 11.9 Å². The van der Waals surface area contributed by atoms with E-state index < -0.39 is 0 Å². The van der Waals surface area contributed by atoms with Gasteiger partial charge in [0.15, 0.2) is 0 Å². The lowest BCUT2D eigenvalue weighted by atomic mass is 10.00. The Kier molecular flexibility index (Phi) is 6.16. The van der Waals surface area contributed by atoms with E-state index in [1.165, 1.54) is 0 Å². The quantitative estimate of drug-likeness (QED) is 0.776. The molecule has 98 valence electrons. The standard InChI is InChI=1S/C14H21N3O/c1-3-4-12(6-8-18)10-17-14-13(9-15)11(2)5-7-16-14/h5,7,12,18H,3-4,6,8,10H2,1-2H3,(H,16,17). The molecule has 4 heteroatoms. The molecule has 1 atom stereocenters. The number of pyridine rings is 1. The number of aryl methyl sites for hydroxylation is 1. The van der Waals surface area contributed by atoms with Crippen LogP contribution in [0, 0.1) is 24.2 Å². The highest BCUT2D eigenvalue weighted by atomic mass is 16.3. The van der Waals surface area contributed by atoms with Crippen molar-refractivity contribution in [1.29, 1.82) is 5.26 Å². The number of nitrogens with zero attached hydrogens (tertiary/aromatic N) is 2. The number of rotatable bonds is 7. The summed E-state index contributed by atoms with van der Waals surface area (Å²) in [5, 5.41) is 21.3. The van der Waals surface area contributed by atoms with Crippen LogP contribution < -0.4 is 5.32 Å². The Morgan fingerprint density at radius 2 is 2.28 bits per heavy atom. The average Bonchev–Trinajstić information content (AvgIpc) is 2.36. The molecule has 0 bridgehead atoms. The molecule has 0 spiro atoms. The van der Waals surface area contributed by atoms with Crippen LogP contribution in [0.2, 0.25) is 0 Å². The molecule has 0 aliphatic rings. The molecular formula is C14H21N3O. The van der Waals surface area contributed by atoms with E-state index in [4.69, 9.17) is 10.4 Å². The summed E-state index contributed by atoms with van der Waals surface area (Å²) in [5.74, 6) is 1.07. The summed E-state index contributed by atoms with van der Waals surface area (Å²) in [6.45, 7) is 5.00.